The van der Waals surface area contributed by atoms with Crippen LogP contribution in [0.2, 0.25) is 0 Å². The molecule has 2 unspecified atom stereocenters. The lowest BCUT2D eigenvalue weighted by Gasteiger charge is -2.37. The third-order valence-electron chi connectivity index (χ3n) is 4.98. The first-order valence-electron chi connectivity index (χ1n) is 7.78. The lowest BCUT2D eigenvalue weighted by atomic mass is 9.63. The van der Waals surface area contributed by atoms with Gasteiger partial charge in [0.2, 0.25) is 23.4 Å². The van der Waals surface area contributed by atoms with Gasteiger partial charge in [0.15, 0.2) is 0 Å². The molecule has 0 saturated carbocycles. The van der Waals surface area contributed by atoms with Gasteiger partial charge in [-0.3, -0.25) is 19.2 Å². The maximum Gasteiger partial charge on any atom is 0.269 e. The van der Waals surface area contributed by atoms with Gasteiger partial charge in [-0.1, -0.05) is 18.2 Å². The van der Waals surface area contributed by atoms with Crippen molar-refractivity contribution in [3.63, 3.8) is 0 Å². The van der Waals surface area contributed by atoms with Crippen LogP contribution in [0.25, 0.3) is 0 Å². The number of carbonyl (C=O) groups excluding carboxylic acids is 4. The van der Waals surface area contributed by atoms with Crippen LogP contribution in [-0.4, -0.2) is 33.2 Å². The lowest BCUT2D eigenvalue weighted by molar-refractivity contribution is -0.145. The molecule has 2 atom stereocenters. The number of ketones is 3. The summed E-state index contributed by atoms with van der Waals surface area (Å²) in [6.45, 7) is 0. The SMILES string of the molecule is O=C1C=C2NC(=O)C3(c4ccccc4Oc4ncncc43)C2C(=O)C1=O. The molecule has 3 heterocycles. The standard InChI is InChI=1S/C18H9N3O5/c22-11-5-10-13(15(24)14(11)23)18(17(25)21-10)8-3-1-2-4-12(8)26-16-9(18)6-19-7-20-16/h1-7,13H,(H,21,25). The highest BCUT2D eigenvalue weighted by molar-refractivity contribution is 6.68. The fraction of sp³-hybridized carbons (Fsp3) is 0.111. The van der Waals surface area contributed by atoms with Gasteiger partial charge in [0, 0.05) is 23.5 Å². The normalized spacial score (nSPS) is 25.8. The Hall–Kier alpha value is -3.68. The Morgan fingerprint density at radius 2 is 1.88 bits per heavy atom. The summed E-state index contributed by atoms with van der Waals surface area (Å²) < 4.78 is 5.76. The van der Waals surface area contributed by atoms with Crippen molar-refractivity contribution < 1.29 is 23.9 Å². The summed E-state index contributed by atoms with van der Waals surface area (Å²) in [6.07, 6.45) is 3.68. The molecule has 1 amide bonds. The molecule has 8 heteroatoms. The zero-order chi connectivity index (χ0) is 18.1. The van der Waals surface area contributed by atoms with Crippen molar-refractivity contribution >= 4 is 23.3 Å². The number of hydrogen-bond donors (Lipinski definition) is 1. The summed E-state index contributed by atoms with van der Waals surface area (Å²) in [6, 6.07) is 6.73. The van der Waals surface area contributed by atoms with E-state index in [1.807, 2.05) is 0 Å². The molecule has 5 rings (SSSR count). The topological polar surface area (TPSA) is 115 Å². The highest BCUT2D eigenvalue weighted by Crippen LogP contribution is 2.55. The van der Waals surface area contributed by atoms with Crippen molar-refractivity contribution in [2.45, 2.75) is 5.41 Å². The maximum atomic E-state index is 13.2. The number of ether oxygens (including phenoxy) is 1. The monoisotopic (exact) mass is 347 g/mol. The van der Waals surface area contributed by atoms with Crippen molar-refractivity contribution in [2.24, 2.45) is 5.92 Å². The second-order valence-corrected chi connectivity index (χ2v) is 6.19. The van der Waals surface area contributed by atoms with Crippen LogP contribution in [-0.2, 0) is 24.6 Å². The Kier molecular flexibility index (Phi) is 2.64. The molecule has 3 aliphatic rings. The zero-order valence-corrected chi connectivity index (χ0v) is 13.1. The fourth-order valence-electron chi connectivity index (χ4n) is 3.94. The predicted molar refractivity (Wildman–Crippen MR) is 84.1 cm³/mol. The van der Waals surface area contributed by atoms with Gasteiger partial charge in [-0.25, -0.2) is 9.97 Å². The molecular weight excluding hydrogens is 338 g/mol. The molecule has 0 radical (unpaired) electrons. The molecular formula is C18H9N3O5. The Bertz CT molecular complexity index is 1040. The molecule has 2 aromatic rings. The van der Waals surface area contributed by atoms with Gasteiger partial charge in [0.1, 0.15) is 17.5 Å². The fourth-order valence-corrected chi connectivity index (χ4v) is 3.94. The first kappa shape index (κ1) is 14.6. The minimum absolute atomic E-state index is 0.108. The van der Waals surface area contributed by atoms with Gasteiger partial charge in [-0.15, -0.1) is 0 Å². The van der Waals surface area contributed by atoms with Crippen LogP contribution in [0.4, 0.5) is 0 Å². The highest BCUT2D eigenvalue weighted by Gasteiger charge is 2.64. The van der Waals surface area contributed by atoms with Crippen LogP contribution >= 0.6 is 0 Å². The van der Waals surface area contributed by atoms with Crippen LogP contribution in [0.1, 0.15) is 11.1 Å². The first-order valence-corrected chi connectivity index (χ1v) is 7.78. The van der Waals surface area contributed by atoms with Crippen LogP contribution in [0, 0.1) is 5.92 Å². The maximum absolute atomic E-state index is 13.2. The number of nitrogens with zero attached hydrogens (tertiary/aromatic N) is 2. The summed E-state index contributed by atoms with van der Waals surface area (Å²) in [5.74, 6) is -4.25. The number of rotatable bonds is 0. The number of Topliss-reactive ketones (excluding diaryl/α,β-unsaturated/α-hetero) is 2. The van der Waals surface area contributed by atoms with Gasteiger partial charge in [-0.2, -0.15) is 0 Å². The van der Waals surface area contributed by atoms with Crippen molar-refractivity contribution in [3.8, 4) is 11.6 Å². The number of benzene rings is 1. The van der Waals surface area contributed by atoms with E-state index in [-0.39, 0.29) is 17.1 Å². The summed E-state index contributed by atoms with van der Waals surface area (Å²) in [5, 5.41) is 2.60. The molecule has 1 aliphatic carbocycles. The lowest BCUT2D eigenvalue weighted by Crippen LogP contribution is -2.49. The summed E-state index contributed by atoms with van der Waals surface area (Å²) >= 11 is 0. The predicted octanol–water partition coefficient (Wildman–Crippen LogP) is 0.219. The first-order chi connectivity index (χ1) is 12.5. The molecule has 0 bridgehead atoms. The van der Waals surface area contributed by atoms with Crippen molar-refractivity contribution in [2.75, 3.05) is 0 Å². The highest BCUT2D eigenvalue weighted by atomic mass is 16.5. The van der Waals surface area contributed by atoms with Crippen LogP contribution in [0.3, 0.4) is 0 Å². The minimum atomic E-state index is -1.56. The number of carbonyl (C=O) groups is 4. The molecule has 1 N–H and O–H groups in total. The second kappa shape index (κ2) is 4.69. The molecule has 26 heavy (non-hydrogen) atoms. The zero-order valence-electron chi connectivity index (χ0n) is 13.1. The quantitative estimate of drug-likeness (QED) is 0.678. The minimum Gasteiger partial charge on any atom is -0.438 e. The smallest absolute Gasteiger partial charge is 0.269 e. The average Bonchev–Trinajstić information content (AvgIpc) is 2.93. The Balaban J connectivity index is 1.90. The molecule has 1 saturated heterocycles. The molecule has 8 nitrogen and oxygen atoms in total. The van der Waals surface area contributed by atoms with E-state index in [0.29, 0.717) is 11.3 Å². The van der Waals surface area contributed by atoms with Gasteiger partial charge in [0.05, 0.1) is 11.5 Å². The van der Waals surface area contributed by atoms with Gasteiger partial charge < -0.3 is 10.1 Å². The number of fused-ring (bicyclic) bond motifs is 6. The van der Waals surface area contributed by atoms with E-state index in [4.69, 9.17) is 4.74 Å². The summed E-state index contributed by atoms with van der Waals surface area (Å²) in [4.78, 5) is 57.8. The van der Waals surface area contributed by atoms with E-state index in [1.165, 1.54) is 12.5 Å². The van der Waals surface area contributed by atoms with E-state index in [0.717, 1.165) is 6.08 Å². The average molecular weight is 347 g/mol. The number of allylic oxidation sites excluding steroid dienone is 2. The van der Waals surface area contributed by atoms with Gasteiger partial charge >= 0.3 is 0 Å². The second-order valence-electron chi connectivity index (χ2n) is 6.19. The molecule has 1 aromatic carbocycles. The van der Waals surface area contributed by atoms with Crippen molar-refractivity contribution in [1.29, 1.82) is 0 Å². The van der Waals surface area contributed by atoms with E-state index >= 15 is 0 Å². The van der Waals surface area contributed by atoms with E-state index < -0.39 is 34.6 Å². The Morgan fingerprint density at radius 3 is 2.73 bits per heavy atom. The van der Waals surface area contributed by atoms with Gasteiger partial charge in [-0.05, 0) is 6.07 Å². The summed E-state index contributed by atoms with van der Waals surface area (Å²) in [7, 11) is 0. The molecule has 126 valence electrons. The molecule has 2 aliphatic heterocycles. The number of aromatic nitrogens is 2. The Labute approximate surface area is 145 Å². The van der Waals surface area contributed by atoms with E-state index in [2.05, 4.69) is 15.3 Å². The largest absolute Gasteiger partial charge is 0.438 e. The molecule has 1 fully saturated rings. The van der Waals surface area contributed by atoms with E-state index in [1.54, 1.807) is 24.3 Å². The van der Waals surface area contributed by atoms with Crippen LogP contribution in [0.5, 0.6) is 11.6 Å². The van der Waals surface area contributed by atoms with E-state index in [9.17, 15) is 19.2 Å². The molecule has 1 spiro atoms. The van der Waals surface area contributed by atoms with Crippen LogP contribution in [0.15, 0.2) is 48.6 Å². The van der Waals surface area contributed by atoms with Crippen molar-refractivity contribution in [1.82, 2.24) is 15.3 Å². The van der Waals surface area contributed by atoms with Crippen LogP contribution < -0.4 is 10.1 Å². The Morgan fingerprint density at radius 1 is 1.08 bits per heavy atom. The number of nitrogens with one attached hydrogen (secondary N) is 1. The number of amides is 1. The number of para-hydroxylation sites is 1. The van der Waals surface area contributed by atoms with Crippen molar-refractivity contribution in [3.05, 3.63) is 59.7 Å². The number of hydrogen-bond acceptors (Lipinski definition) is 7. The van der Waals surface area contributed by atoms with Gasteiger partial charge in [0.25, 0.3) is 5.78 Å². The summed E-state index contributed by atoms with van der Waals surface area (Å²) in [5.41, 5.74) is -0.759. The third kappa shape index (κ3) is 1.53. The third-order valence-corrected chi connectivity index (χ3v) is 4.98. The molecule has 1 aromatic heterocycles.